The number of hydrogen-bond donors (Lipinski definition) is 0. The van der Waals surface area contributed by atoms with Gasteiger partial charge in [0.05, 0.1) is 11.1 Å². The molecule has 1 aromatic heterocycles. The molecule has 0 bridgehead atoms. The number of aromatic nitrogens is 1. The molecule has 0 aliphatic carbocycles. The summed E-state index contributed by atoms with van der Waals surface area (Å²) in [7, 11) is 4.06. The van der Waals surface area contributed by atoms with Gasteiger partial charge in [-0.15, -0.1) is 0 Å². The molecule has 2 aromatic carbocycles. The van der Waals surface area contributed by atoms with Crippen molar-refractivity contribution in [3.8, 4) is 0 Å². The van der Waals surface area contributed by atoms with Gasteiger partial charge in [-0.05, 0) is 50.1 Å². The first kappa shape index (κ1) is 18.6. The summed E-state index contributed by atoms with van der Waals surface area (Å²) in [5, 5.41) is 0.935. The summed E-state index contributed by atoms with van der Waals surface area (Å²) in [5.74, 6) is 0.0633. The number of carbonyl (C=O) groups is 1. The number of likely N-dealkylation sites (N-methyl/N-ethyl adjacent to an activating group) is 2. The Labute approximate surface area is 166 Å². The van der Waals surface area contributed by atoms with Crippen LogP contribution in [0, 0.1) is 13.8 Å². The zero-order valence-corrected chi connectivity index (χ0v) is 17.1. The minimum atomic E-state index is 0.0633. The van der Waals surface area contributed by atoms with E-state index in [9.17, 15) is 4.79 Å². The Morgan fingerprint density at radius 1 is 1.14 bits per heavy atom. The summed E-state index contributed by atoms with van der Waals surface area (Å²) >= 11 is 0. The summed E-state index contributed by atoms with van der Waals surface area (Å²) in [5.41, 5.74) is 6.42. The van der Waals surface area contributed by atoms with Gasteiger partial charge in [0, 0.05) is 37.3 Å². The number of aryl methyl sites for hydroxylation is 2. The summed E-state index contributed by atoms with van der Waals surface area (Å²) in [6.45, 7) is 5.63. The van der Waals surface area contributed by atoms with E-state index >= 15 is 0 Å². The number of benzene rings is 2. The molecule has 3 aromatic rings. The van der Waals surface area contributed by atoms with Crippen molar-refractivity contribution >= 4 is 16.8 Å². The Balaban J connectivity index is 1.60. The van der Waals surface area contributed by atoms with Gasteiger partial charge in [-0.1, -0.05) is 42.5 Å². The highest BCUT2D eigenvalue weighted by molar-refractivity contribution is 6.06. The van der Waals surface area contributed by atoms with Gasteiger partial charge in [-0.2, -0.15) is 0 Å². The minimum absolute atomic E-state index is 0.0633. The van der Waals surface area contributed by atoms with Crippen LogP contribution in [0.2, 0.25) is 0 Å². The standard InChI is InChI=1S/C24H27N3O/c1-16-8-7-11-21-22(12-17(2)25-23(16)21)24(28)27(4)15-20-13-18-9-5-6-10-19(18)14-26(20)3/h5-12,20H,13-15H2,1-4H3/t20-/m1/s1. The maximum atomic E-state index is 13.3. The lowest BCUT2D eigenvalue weighted by molar-refractivity contribution is 0.0735. The molecule has 0 fully saturated rings. The summed E-state index contributed by atoms with van der Waals surface area (Å²) in [6.07, 6.45) is 0.972. The van der Waals surface area contributed by atoms with Gasteiger partial charge in [-0.25, -0.2) is 0 Å². The monoisotopic (exact) mass is 373 g/mol. The van der Waals surface area contributed by atoms with E-state index in [1.165, 1.54) is 11.1 Å². The predicted octanol–water partition coefficient (Wildman–Crippen LogP) is 3.98. The number of pyridine rings is 1. The fourth-order valence-corrected chi connectivity index (χ4v) is 4.22. The number of nitrogens with zero attached hydrogens (tertiary/aromatic N) is 3. The molecule has 1 atom stereocenters. The van der Waals surface area contributed by atoms with Crippen LogP contribution in [0.25, 0.3) is 10.9 Å². The predicted molar refractivity (Wildman–Crippen MR) is 114 cm³/mol. The van der Waals surface area contributed by atoms with Crippen molar-refractivity contribution < 1.29 is 4.79 Å². The van der Waals surface area contributed by atoms with Crippen LogP contribution >= 0.6 is 0 Å². The number of rotatable bonds is 3. The van der Waals surface area contributed by atoms with E-state index in [2.05, 4.69) is 41.2 Å². The van der Waals surface area contributed by atoms with Crippen molar-refractivity contribution in [3.63, 3.8) is 0 Å². The molecule has 28 heavy (non-hydrogen) atoms. The number of hydrogen-bond acceptors (Lipinski definition) is 3. The first-order valence-electron chi connectivity index (χ1n) is 9.83. The smallest absolute Gasteiger partial charge is 0.254 e. The lowest BCUT2D eigenvalue weighted by Crippen LogP contribution is -2.46. The molecule has 1 aliphatic rings. The molecule has 1 aliphatic heterocycles. The van der Waals surface area contributed by atoms with E-state index in [4.69, 9.17) is 0 Å². The van der Waals surface area contributed by atoms with E-state index in [0.717, 1.165) is 40.7 Å². The van der Waals surface area contributed by atoms with Crippen LogP contribution in [0.15, 0.2) is 48.5 Å². The quantitative estimate of drug-likeness (QED) is 0.697. The van der Waals surface area contributed by atoms with Crippen LogP contribution in [-0.2, 0) is 13.0 Å². The molecule has 0 unspecified atom stereocenters. The molecule has 1 amide bonds. The van der Waals surface area contributed by atoms with Crippen LogP contribution in [0.5, 0.6) is 0 Å². The second-order valence-electron chi connectivity index (χ2n) is 8.01. The molecule has 0 spiro atoms. The van der Waals surface area contributed by atoms with Gasteiger partial charge < -0.3 is 4.90 Å². The van der Waals surface area contributed by atoms with Crippen molar-refractivity contribution in [2.24, 2.45) is 0 Å². The van der Waals surface area contributed by atoms with Crippen molar-refractivity contribution in [2.45, 2.75) is 32.9 Å². The van der Waals surface area contributed by atoms with E-state index in [0.29, 0.717) is 12.6 Å². The number of carbonyl (C=O) groups excluding carboxylic acids is 1. The lowest BCUT2D eigenvalue weighted by atomic mass is 9.94. The minimum Gasteiger partial charge on any atom is -0.340 e. The Morgan fingerprint density at radius 3 is 2.68 bits per heavy atom. The first-order valence-corrected chi connectivity index (χ1v) is 9.83. The SMILES string of the molecule is Cc1cc(C(=O)N(C)C[C@H]2Cc3ccccc3CN2C)c2cccc(C)c2n1. The van der Waals surface area contributed by atoms with Crippen molar-refractivity contribution in [2.75, 3.05) is 20.6 Å². The fraction of sp³-hybridized carbons (Fsp3) is 0.333. The molecule has 2 heterocycles. The number of fused-ring (bicyclic) bond motifs is 2. The molecule has 4 heteroatoms. The highest BCUT2D eigenvalue weighted by atomic mass is 16.2. The van der Waals surface area contributed by atoms with Gasteiger partial charge in [0.25, 0.3) is 5.91 Å². The molecule has 0 saturated carbocycles. The van der Waals surface area contributed by atoms with Crippen LogP contribution < -0.4 is 0 Å². The third-order valence-corrected chi connectivity index (χ3v) is 5.85. The Morgan fingerprint density at radius 2 is 1.89 bits per heavy atom. The van der Waals surface area contributed by atoms with Gasteiger partial charge >= 0.3 is 0 Å². The fourth-order valence-electron chi connectivity index (χ4n) is 4.22. The van der Waals surface area contributed by atoms with E-state index in [1.54, 1.807) is 0 Å². The molecular weight excluding hydrogens is 346 g/mol. The maximum absolute atomic E-state index is 13.3. The van der Waals surface area contributed by atoms with Crippen LogP contribution in [0.1, 0.15) is 32.7 Å². The van der Waals surface area contributed by atoms with Gasteiger partial charge in [0.2, 0.25) is 0 Å². The van der Waals surface area contributed by atoms with E-state index in [-0.39, 0.29) is 5.91 Å². The second-order valence-corrected chi connectivity index (χ2v) is 8.01. The number of para-hydroxylation sites is 1. The highest BCUT2D eigenvalue weighted by Gasteiger charge is 2.26. The first-order chi connectivity index (χ1) is 13.4. The van der Waals surface area contributed by atoms with Crippen LogP contribution in [0.3, 0.4) is 0 Å². The molecule has 0 radical (unpaired) electrons. The Kier molecular flexibility index (Phi) is 4.90. The van der Waals surface area contributed by atoms with Gasteiger partial charge in [0.15, 0.2) is 0 Å². The third-order valence-electron chi connectivity index (χ3n) is 5.85. The highest BCUT2D eigenvalue weighted by Crippen LogP contribution is 2.25. The van der Waals surface area contributed by atoms with Crippen molar-refractivity contribution in [3.05, 3.63) is 76.5 Å². The topological polar surface area (TPSA) is 36.4 Å². The van der Waals surface area contributed by atoms with Gasteiger partial charge in [-0.3, -0.25) is 14.7 Å². The van der Waals surface area contributed by atoms with Crippen molar-refractivity contribution in [1.82, 2.24) is 14.8 Å². The maximum Gasteiger partial charge on any atom is 0.254 e. The second kappa shape index (κ2) is 7.36. The molecule has 4 nitrogen and oxygen atoms in total. The Hall–Kier alpha value is -2.72. The van der Waals surface area contributed by atoms with Crippen molar-refractivity contribution in [1.29, 1.82) is 0 Å². The van der Waals surface area contributed by atoms with E-state index < -0.39 is 0 Å². The average Bonchev–Trinajstić information content (AvgIpc) is 2.68. The summed E-state index contributed by atoms with van der Waals surface area (Å²) < 4.78 is 0. The average molecular weight is 374 g/mol. The van der Waals surface area contributed by atoms with Crippen LogP contribution in [-0.4, -0.2) is 47.4 Å². The number of amides is 1. The largest absolute Gasteiger partial charge is 0.340 e. The molecule has 0 N–H and O–H groups in total. The zero-order valence-electron chi connectivity index (χ0n) is 17.1. The Bertz CT molecular complexity index is 1040. The summed E-state index contributed by atoms with van der Waals surface area (Å²) in [6, 6.07) is 16.9. The normalized spacial score (nSPS) is 16.8. The third kappa shape index (κ3) is 3.40. The van der Waals surface area contributed by atoms with E-state index in [1.807, 2.05) is 50.1 Å². The molecular formula is C24H27N3O. The molecule has 4 rings (SSSR count). The lowest BCUT2D eigenvalue weighted by Gasteiger charge is -2.36. The zero-order chi connectivity index (χ0) is 19.8. The van der Waals surface area contributed by atoms with Crippen LogP contribution in [0.4, 0.5) is 0 Å². The molecule has 144 valence electrons. The molecule has 0 saturated heterocycles. The van der Waals surface area contributed by atoms with Gasteiger partial charge in [0.1, 0.15) is 0 Å². The summed E-state index contributed by atoms with van der Waals surface area (Å²) in [4.78, 5) is 22.2.